The molecular weight excluding hydrogens is 305 g/mol. The van der Waals surface area contributed by atoms with Crippen LogP contribution < -0.4 is 0 Å². The van der Waals surface area contributed by atoms with Crippen molar-refractivity contribution in [1.29, 1.82) is 0 Å². The lowest BCUT2D eigenvalue weighted by Gasteiger charge is -2.32. The number of carbonyl (C=O) groups excluding carboxylic acids is 2. The summed E-state index contributed by atoms with van der Waals surface area (Å²) in [6.07, 6.45) is 1.78. The van der Waals surface area contributed by atoms with Crippen molar-refractivity contribution in [2.75, 3.05) is 0 Å². The number of benzene rings is 1. The van der Waals surface area contributed by atoms with Crippen LogP contribution in [0, 0.1) is 0 Å². The first kappa shape index (κ1) is 16.9. The molecule has 1 aromatic carbocycles. The van der Waals surface area contributed by atoms with Crippen LogP contribution in [0.5, 0.6) is 0 Å². The van der Waals surface area contributed by atoms with Gasteiger partial charge in [-0.25, -0.2) is 0 Å². The molecule has 0 radical (unpaired) electrons. The van der Waals surface area contributed by atoms with Gasteiger partial charge in [0.15, 0.2) is 0 Å². The normalized spacial score (nSPS) is 23.2. The molecule has 1 atom stereocenters. The van der Waals surface area contributed by atoms with E-state index >= 15 is 0 Å². The Kier molecular flexibility index (Phi) is 3.93. The summed E-state index contributed by atoms with van der Waals surface area (Å²) in [7, 11) is -0.493. The van der Waals surface area contributed by atoms with E-state index in [1.807, 2.05) is 34.6 Å². The van der Waals surface area contributed by atoms with Gasteiger partial charge < -0.3 is 9.31 Å². The molecule has 1 aromatic rings. The topological polar surface area (TPSA) is 55.8 Å². The molecule has 0 spiro atoms. The van der Waals surface area contributed by atoms with Crippen LogP contribution in [-0.2, 0) is 9.31 Å². The van der Waals surface area contributed by atoms with Crippen molar-refractivity contribution in [3.8, 4) is 0 Å². The van der Waals surface area contributed by atoms with Gasteiger partial charge in [0, 0.05) is 0 Å². The molecule has 1 fully saturated rings. The molecule has 2 amide bonds. The van der Waals surface area contributed by atoms with Gasteiger partial charge in [-0.1, -0.05) is 24.2 Å². The van der Waals surface area contributed by atoms with E-state index in [-0.39, 0.29) is 17.9 Å². The molecule has 6 heteroatoms. The second-order valence-electron chi connectivity index (χ2n) is 7.28. The molecule has 0 N–H and O–H groups in total. The predicted octanol–water partition coefficient (Wildman–Crippen LogP) is 2.86. The van der Waals surface area contributed by atoms with Gasteiger partial charge in [0.2, 0.25) is 0 Å². The summed E-state index contributed by atoms with van der Waals surface area (Å²) in [6, 6.07) is 6.51. The standard InChI is InChI=1S/C18H22BNO4/c1-12(10-11-19-23-17(2,3)18(4,5)24-19)20-15(21)13-8-6-7-9-14(13)16(20)22/h6-12H,1-5H3/t12-/m0/s1. The maximum Gasteiger partial charge on any atom is 0.486 e. The van der Waals surface area contributed by atoms with Crippen molar-refractivity contribution in [2.24, 2.45) is 0 Å². The summed E-state index contributed by atoms with van der Waals surface area (Å²) in [4.78, 5) is 26.2. The lowest BCUT2D eigenvalue weighted by Crippen LogP contribution is -2.41. The molecule has 3 rings (SSSR count). The molecular formula is C18H22BNO4. The van der Waals surface area contributed by atoms with E-state index in [1.165, 1.54) is 4.90 Å². The summed E-state index contributed by atoms with van der Waals surface area (Å²) in [5, 5.41) is 0. The van der Waals surface area contributed by atoms with Crippen molar-refractivity contribution < 1.29 is 18.9 Å². The summed E-state index contributed by atoms with van der Waals surface area (Å²) < 4.78 is 11.8. The molecule has 0 bridgehead atoms. The van der Waals surface area contributed by atoms with Crippen LogP contribution in [0.3, 0.4) is 0 Å². The number of hydrogen-bond acceptors (Lipinski definition) is 4. The average molecular weight is 327 g/mol. The number of hydrogen-bond donors (Lipinski definition) is 0. The molecule has 0 aromatic heterocycles. The van der Waals surface area contributed by atoms with Crippen LogP contribution in [0.15, 0.2) is 36.3 Å². The van der Waals surface area contributed by atoms with Gasteiger partial charge in [-0.3, -0.25) is 14.5 Å². The van der Waals surface area contributed by atoms with E-state index in [2.05, 4.69) is 0 Å². The van der Waals surface area contributed by atoms with Gasteiger partial charge in [0.25, 0.3) is 11.8 Å². The van der Waals surface area contributed by atoms with E-state index < -0.39 is 18.3 Å². The summed E-state index contributed by atoms with van der Waals surface area (Å²) in [6.45, 7) is 9.73. The molecule has 2 aliphatic heterocycles. The van der Waals surface area contributed by atoms with Crippen molar-refractivity contribution in [1.82, 2.24) is 4.90 Å². The largest absolute Gasteiger partial charge is 0.486 e. The quantitative estimate of drug-likeness (QED) is 0.633. The summed E-state index contributed by atoms with van der Waals surface area (Å²) in [5.41, 5.74) is 0.0819. The maximum atomic E-state index is 12.5. The minimum Gasteiger partial charge on any atom is -0.400 e. The number of carbonyl (C=O) groups is 2. The number of amides is 2. The Morgan fingerprint density at radius 1 is 1.00 bits per heavy atom. The number of rotatable bonds is 3. The zero-order chi connectivity index (χ0) is 17.7. The molecule has 126 valence electrons. The number of fused-ring (bicyclic) bond motifs is 1. The fraction of sp³-hybridized carbons (Fsp3) is 0.444. The van der Waals surface area contributed by atoms with Crippen molar-refractivity contribution in [3.63, 3.8) is 0 Å². The van der Waals surface area contributed by atoms with Gasteiger partial charge >= 0.3 is 7.12 Å². The van der Waals surface area contributed by atoms with Gasteiger partial charge in [0.1, 0.15) is 0 Å². The molecule has 0 saturated carbocycles. The SMILES string of the molecule is C[C@@H](C=CB1OC(C)(C)C(C)(C)O1)N1C(=O)c2ccccc2C1=O. The third kappa shape index (κ3) is 2.60. The van der Waals surface area contributed by atoms with Gasteiger partial charge in [0.05, 0.1) is 28.4 Å². The van der Waals surface area contributed by atoms with E-state index in [0.29, 0.717) is 11.1 Å². The summed E-state index contributed by atoms with van der Waals surface area (Å²) in [5.74, 6) is 1.24. The second-order valence-corrected chi connectivity index (χ2v) is 7.28. The minimum atomic E-state index is -0.493. The Bertz CT molecular complexity index is 674. The Morgan fingerprint density at radius 2 is 1.46 bits per heavy atom. The second kappa shape index (κ2) is 5.57. The highest BCUT2D eigenvalue weighted by atomic mass is 16.7. The van der Waals surface area contributed by atoms with E-state index in [4.69, 9.17) is 9.31 Å². The van der Waals surface area contributed by atoms with Crippen LogP contribution in [-0.4, -0.2) is 41.1 Å². The third-order valence-electron chi connectivity index (χ3n) is 5.05. The van der Waals surface area contributed by atoms with Crippen molar-refractivity contribution >= 4 is 18.9 Å². The highest BCUT2D eigenvalue weighted by molar-refractivity contribution is 6.51. The van der Waals surface area contributed by atoms with E-state index in [9.17, 15) is 9.59 Å². The van der Waals surface area contributed by atoms with Crippen LogP contribution >= 0.6 is 0 Å². The Morgan fingerprint density at radius 3 is 1.92 bits per heavy atom. The maximum absolute atomic E-state index is 12.5. The fourth-order valence-electron chi connectivity index (χ4n) is 2.88. The molecule has 0 aliphatic carbocycles. The Balaban J connectivity index is 1.74. The van der Waals surface area contributed by atoms with Crippen LogP contribution in [0.2, 0.25) is 0 Å². The first-order valence-corrected chi connectivity index (χ1v) is 8.15. The molecule has 2 aliphatic rings. The van der Waals surface area contributed by atoms with E-state index in [1.54, 1.807) is 36.3 Å². The Hall–Kier alpha value is -1.92. The zero-order valence-corrected chi connectivity index (χ0v) is 14.7. The highest BCUT2D eigenvalue weighted by Crippen LogP contribution is 2.37. The zero-order valence-electron chi connectivity index (χ0n) is 14.7. The van der Waals surface area contributed by atoms with Gasteiger partial charge in [-0.15, -0.1) is 0 Å². The molecule has 5 nitrogen and oxygen atoms in total. The number of imide groups is 1. The van der Waals surface area contributed by atoms with Crippen LogP contribution in [0.1, 0.15) is 55.3 Å². The molecule has 1 saturated heterocycles. The number of nitrogens with zero attached hydrogens (tertiary/aromatic N) is 1. The minimum absolute atomic E-state index is 0.262. The Labute approximate surface area is 142 Å². The lowest BCUT2D eigenvalue weighted by atomic mass is 9.89. The predicted molar refractivity (Wildman–Crippen MR) is 91.6 cm³/mol. The summed E-state index contributed by atoms with van der Waals surface area (Å²) >= 11 is 0. The average Bonchev–Trinajstić information content (AvgIpc) is 2.88. The van der Waals surface area contributed by atoms with Gasteiger partial charge in [-0.2, -0.15) is 0 Å². The van der Waals surface area contributed by atoms with Crippen LogP contribution in [0.4, 0.5) is 0 Å². The lowest BCUT2D eigenvalue weighted by molar-refractivity contribution is 0.00578. The monoisotopic (exact) mass is 327 g/mol. The van der Waals surface area contributed by atoms with Crippen LogP contribution in [0.25, 0.3) is 0 Å². The smallest absolute Gasteiger partial charge is 0.400 e. The molecule has 0 unspecified atom stereocenters. The molecule has 2 heterocycles. The fourth-order valence-corrected chi connectivity index (χ4v) is 2.88. The van der Waals surface area contributed by atoms with Crippen molar-refractivity contribution in [3.05, 3.63) is 47.4 Å². The van der Waals surface area contributed by atoms with Gasteiger partial charge in [-0.05, 0) is 46.8 Å². The first-order valence-electron chi connectivity index (χ1n) is 8.15. The highest BCUT2D eigenvalue weighted by Gasteiger charge is 2.50. The molecule has 24 heavy (non-hydrogen) atoms. The first-order chi connectivity index (χ1) is 11.1. The van der Waals surface area contributed by atoms with E-state index in [0.717, 1.165) is 0 Å². The third-order valence-corrected chi connectivity index (χ3v) is 5.05. The van der Waals surface area contributed by atoms with Crippen molar-refractivity contribution in [2.45, 2.75) is 51.9 Å².